The van der Waals surface area contributed by atoms with Crippen molar-refractivity contribution in [1.29, 1.82) is 0 Å². The van der Waals surface area contributed by atoms with Crippen molar-refractivity contribution in [2.75, 3.05) is 14.2 Å². The number of pyridine rings is 1. The van der Waals surface area contributed by atoms with E-state index in [1.54, 1.807) is 36.7 Å². The van der Waals surface area contributed by atoms with Crippen molar-refractivity contribution in [3.63, 3.8) is 0 Å². The lowest BCUT2D eigenvalue weighted by atomic mass is 9.98. The van der Waals surface area contributed by atoms with Gasteiger partial charge in [0.15, 0.2) is 0 Å². The van der Waals surface area contributed by atoms with Gasteiger partial charge >= 0.3 is 0 Å². The third-order valence-corrected chi connectivity index (χ3v) is 5.45. The van der Waals surface area contributed by atoms with Gasteiger partial charge in [-0.2, -0.15) is 0 Å². The van der Waals surface area contributed by atoms with Crippen molar-refractivity contribution < 1.29 is 28.6 Å². The topological polar surface area (TPSA) is 102 Å². The molecular weight excluding hydrogens is 436 g/mol. The molecule has 8 nitrogen and oxygen atoms in total. The Morgan fingerprint density at radius 1 is 1.19 bits per heavy atom. The summed E-state index contributed by atoms with van der Waals surface area (Å²) >= 11 is 6.17. The van der Waals surface area contributed by atoms with Crippen LogP contribution in [0.15, 0.2) is 65.0 Å². The highest BCUT2D eigenvalue weighted by Crippen LogP contribution is 2.43. The molecular formula is C23H19ClN2O6. The number of ether oxygens (including phenoxy) is 2. The van der Waals surface area contributed by atoms with E-state index >= 15 is 0 Å². The van der Waals surface area contributed by atoms with Gasteiger partial charge in [0.25, 0.3) is 11.7 Å². The van der Waals surface area contributed by atoms with Crippen LogP contribution >= 0.6 is 11.6 Å². The number of aliphatic hydroxyl groups excluding tert-OH is 1. The quantitative estimate of drug-likeness (QED) is 0.341. The number of methoxy groups -OCH3 is 2. The highest BCUT2D eigenvalue weighted by Gasteiger charge is 2.47. The predicted octanol–water partition coefficient (Wildman–Crippen LogP) is 3.97. The number of furan rings is 1. The highest BCUT2D eigenvalue weighted by molar-refractivity contribution is 6.46. The molecule has 1 fully saturated rings. The van der Waals surface area contributed by atoms with Gasteiger partial charge in [0.1, 0.15) is 29.1 Å². The van der Waals surface area contributed by atoms with Gasteiger partial charge in [-0.05, 0) is 29.8 Å². The van der Waals surface area contributed by atoms with E-state index in [4.69, 9.17) is 25.5 Å². The van der Waals surface area contributed by atoms with E-state index in [2.05, 4.69) is 4.98 Å². The number of benzene rings is 1. The second kappa shape index (κ2) is 8.76. The van der Waals surface area contributed by atoms with Gasteiger partial charge < -0.3 is 23.9 Å². The van der Waals surface area contributed by atoms with E-state index in [0.717, 1.165) is 5.56 Å². The molecule has 1 N–H and O–H groups in total. The molecule has 9 heteroatoms. The summed E-state index contributed by atoms with van der Waals surface area (Å²) in [5.41, 5.74) is 0.748. The van der Waals surface area contributed by atoms with Crippen LogP contribution in [-0.4, -0.2) is 40.9 Å². The highest BCUT2D eigenvalue weighted by atomic mass is 35.5. The van der Waals surface area contributed by atoms with E-state index in [1.165, 1.54) is 37.5 Å². The van der Waals surface area contributed by atoms with Crippen molar-refractivity contribution in [1.82, 2.24) is 9.88 Å². The number of likely N-dealkylation sites (tertiary alicyclic amines) is 1. The third-order valence-electron chi connectivity index (χ3n) is 5.16. The van der Waals surface area contributed by atoms with Crippen LogP contribution in [0.25, 0.3) is 5.76 Å². The molecule has 0 bridgehead atoms. The smallest absolute Gasteiger partial charge is 0.296 e. The summed E-state index contributed by atoms with van der Waals surface area (Å²) in [5, 5.41) is 11.5. The van der Waals surface area contributed by atoms with Crippen LogP contribution in [0.3, 0.4) is 0 Å². The largest absolute Gasteiger partial charge is 0.507 e. The molecule has 0 saturated carbocycles. The number of carbonyl (C=O) groups is 2. The molecule has 0 radical (unpaired) electrons. The molecule has 164 valence electrons. The van der Waals surface area contributed by atoms with Gasteiger partial charge in [-0.3, -0.25) is 14.6 Å². The predicted molar refractivity (Wildman–Crippen MR) is 115 cm³/mol. The lowest BCUT2D eigenvalue weighted by molar-refractivity contribution is -0.140. The number of nitrogens with zero attached hydrogens (tertiary/aromatic N) is 2. The van der Waals surface area contributed by atoms with Crippen LogP contribution in [0.5, 0.6) is 11.5 Å². The summed E-state index contributed by atoms with van der Waals surface area (Å²) in [7, 11) is 2.83. The number of hydrogen-bond donors (Lipinski definition) is 1. The maximum atomic E-state index is 13.1. The standard InChI is InChI=1S/C23H19ClN2O6/c1-30-17-10-15(24)18(31-2)9-14(17)21(27)19-20(16-6-4-8-32-16)26(23(29)22(19)28)12-13-5-3-7-25-11-13/h3-11,20,27H,12H2,1-2H3/b21-19+. The number of aromatic nitrogens is 1. The molecule has 3 aromatic rings. The Balaban J connectivity index is 1.89. The van der Waals surface area contributed by atoms with Gasteiger partial charge in [-0.25, -0.2) is 0 Å². The molecule has 1 amide bonds. The van der Waals surface area contributed by atoms with Gasteiger partial charge in [-0.1, -0.05) is 17.7 Å². The van der Waals surface area contributed by atoms with E-state index < -0.39 is 23.5 Å². The van der Waals surface area contributed by atoms with Gasteiger partial charge in [0.2, 0.25) is 0 Å². The van der Waals surface area contributed by atoms with E-state index in [0.29, 0.717) is 5.76 Å². The molecule has 0 aliphatic carbocycles. The normalized spacial score (nSPS) is 17.6. The maximum Gasteiger partial charge on any atom is 0.296 e. The molecule has 32 heavy (non-hydrogen) atoms. The fourth-order valence-corrected chi connectivity index (χ4v) is 3.90. The second-order valence-corrected chi connectivity index (χ2v) is 7.40. The van der Waals surface area contributed by atoms with Crippen LogP contribution in [0.4, 0.5) is 0 Å². The molecule has 3 heterocycles. The minimum absolute atomic E-state index is 0.0988. The number of rotatable bonds is 6. The lowest BCUT2D eigenvalue weighted by Crippen LogP contribution is -2.29. The molecule has 1 unspecified atom stereocenters. The number of hydrogen-bond acceptors (Lipinski definition) is 7. The van der Waals surface area contributed by atoms with Gasteiger partial charge in [0, 0.05) is 25.0 Å². The summed E-state index contributed by atoms with van der Waals surface area (Å²) in [5.74, 6) is -1.22. The summed E-state index contributed by atoms with van der Waals surface area (Å²) in [6, 6.07) is 8.77. The summed E-state index contributed by atoms with van der Waals surface area (Å²) in [4.78, 5) is 31.5. The summed E-state index contributed by atoms with van der Waals surface area (Å²) in [6.07, 6.45) is 4.65. The molecule has 2 aromatic heterocycles. The number of amides is 1. The molecule has 1 aromatic carbocycles. The zero-order valence-electron chi connectivity index (χ0n) is 17.2. The average Bonchev–Trinajstić information content (AvgIpc) is 3.42. The second-order valence-electron chi connectivity index (χ2n) is 6.99. The Morgan fingerprint density at radius 3 is 2.59 bits per heavy atom. The number of aliphatic hydroxyl groups is 1. The van der Waals surface area contributed by atoms with Gasteiger partial charge in [0.05, 0.1) is 36.6 Å². The van der Waals surface area contributed by atoms with Crippen molar-refractivity contribution in [2.45, 2.75) is 12.6 Å². The third kappa shape index (κ3) is 3.69. The van der Waals surface area contributed by atoms with Crippen molar-refractivity contribution in [2.24, 2.45) is 0 Å². The van der Waals surface area contributed by atoms with E-state index in [-0.39, 0.29) is 34.2 Å². The Bertz CT molecular complexity index is 1190. The Hall–Kier alpha value is -3.78. The first kappa shape index (κ1) is 21.5. The van der Waals surface area contributed by atoms with Crippen LogP contribution in [0, 0.1) is 0 Å². The first-order valence-corrected chi connectivity index (χ1v) is 9.96. The molecule has 1 aliphatic heterocycles. The number of Topliss-reactive ketones (excluding diaryl/α,β-unsaturated/α-hetero) is 1. The van der Waals surface area contributed by atoms with Gasteiger partial charge in [-0.15, -0.1) is 0 Å². The van der Waals surface area contributed by atoms with Crippen molar-refractivity contribution >= 4 is 29.1 Å². The zero-order valence-corrected chi connectivity index (χ0v) is 18.0. The lowest BCUT2D eigenvalue weighted by Gasteiger charge is -2.23. The summed E-state index contributed by atoms with van der Waals surface area (Å²) < 4.78 is 16.1. The average molecular weight is 455 g/mol. The zero-order chi connectivity index (χ0) is 22.8. The van der Waals surface area contributed by atoms with E-state index in [9.17, 15) is 14.7 Å². The number of ketones is 1. The number of carbonyl (C=O) groups excluding carboxylic acids is 2. The fraction of sp³-hybridized carbons (Fsp3) is 0.174. The first-order chi connectivity index (χ1) is 15.5. The van der Waals surface area contributed by atoms with Crippen LogP contribution < -0.4 is 9.47 Å². The SMILES string of the molecule is COc1cc(/C(O)=C2\C(=O)C(=O)N(Cc3cccnc3)C2c2ccco2)c(OC)cc1Cl. The first-order valence-electron chi connectivity index (χ1n) is 9.58. The van der Waals surface area contributed by atoms with Crippen LogP contribution in [0.2, 0.25) is 5.02 Å². The summed E-state index contributed by atoms with van der Waals surface area (Å²) in [6.45, 7) is 0.0988. The Kier molecular flexibility index (Phi) is 5.87. The van der Waals surface area contributed by atoms with Crippen molar-refractivity contribution in [3.8, 4) is 11.5 Å². The van der Waals surface area contributed by atoms with Crippen LogP contribution in [-0.2, 0) is 16.1 Å². The molecule has 4 rings (SSSR count). The van der Waals surface area contributed by atoms with Crippen molar-refractivity contribution in [3.05, 3.63) is 82.5 Å². The Labute approximate surface area is 188 Å². The van der Waals surface area contributed by atoms with Crippen LogP contribution in [0.1, 0.15) is 22.9 Å². The Morgan fingerprint density at radius 2 is 1.97 bits per heavy atom. The fourth-order valence-electron chi connectivity index (χ4n) is 3.66. The molecule has 0 spiro atoms. The van der Waals surface area contributed by atoms with E-state index in [1.807, 2.05) is 0 Å². The molecule has 1 saturated heterocycles. The number of halogens is 1. The molecule has 1 aliphatic rings. The minimum Gasteiger partial charge on any atom is -0.507 e. The monoisotopic (exact) mass is 454 g/mol. The maximum absolute atomic E-state index is 13.1. The minimum atomic E-state index is -0.948. The molecule has 1 atom stereocenters.